The van der Waals surface area contributed by atoms with Crippen LogP contribution < -0.4 is 10.5 Å². The van der Waals surface area contributed by atoms with Gasteiger partial charge in [-0.15, -0.1) is 0 Å². The van der Waals surface area contributed by atoms with E-state index in [2.05, 4.69) is 9.71 Å². The fourth-order valence-electron chi connectivity index (χ4n) is 1.67. The summed E-state index contributed by atoms with van der Waals surface area (Å²) in [6.45, 7) is 3.44. The third-order valence-corrected chi connectivity index (χ3v) is 5.03. The van der Waals surface area contributed by atoms with Gasteiger partial charge in [-0.05, 0) is 43.2 Å². The predicted molar refractivity (Wildman–Crippen MR) is 85.4 cm³/mol. The Balaban J connectivity index is 2.49. The van der Waals surface area contributed by atoms with Crippen molar-refractivity contribution in [2.45, 2.75) is 18.7 Å². The third-order valence-electron chi connectivity index (χ3n) is 3.02. The van der Waals surface area contributed by atoms with Gasteiger partial charge < -0.3 is 5.73 Å². The lowest BCUT2D eigenvalue weighted by atomic mass is 10.2. The molecule has 0 saturated carbocycles. The van der Waals surface area contributed by atoms with E-state index in [1.54, 1.807) is 19.9 Å². The number of nitrogens with two attached hydrogens (primary N) is 1. The first-order valence-corrected chi connectivity index (χ1v) is 8.16. The lowest BCUT2D eigenvalue weighted by molar-refractivity contribution is 0.601. The minimum Gasteiger partial charge on any atom is -0.398 e. The fraction of sp³-hybridized carbons (Fsp3) is 0.154. The van der Waals surface area contributed by atoms with Crippen LogP contribution >= 0.6 is 23.2 Å². The molecule has 0 unspecified atom stereocenters. The lowest BCUT2D eigenvalue weighted by Crippen LogP contribution is -2.15. The molecule has 0 spiro atoms. The number of aromatic nitrogens is 1. The highest BCUT2D eigenvalue weighted by Gasteiger charge is 2.19. The molecule has 2 rings (SSSR count). The highest BCUT2D eigenvalue weighted by molar-refractivity contribution is 7.92. The Morgan fingerprint density at radius 1 is 1.24 bits per heavy atom. The molecule has 1 aromatic heterocycles. The van der Waals surface area contributed by atoms with Crippen LogP contribution in [0, 0.1) is 13.8 Å². The summed E-state index contributed by atoms with van der Waals surface area (Å²) in [7, 11) is -3.86. The molecule has 8 heteroatoms. The molecule has 112 valence electrons. The van der Waals surface area contributed by atoms with Crippen molar-refractivity contribution in [3.63, 3.8) is 0 Å². The number of halogens is 2. The SMILES string of the molecule is Cc1ccnc(Cl)c1NS(=O)(=O)c1cc(N)c(C)c(Cl)c1. The standard InChI is InChI=1S/C13H13Cl2N3O2S/c1-7-3-4-17-13(15)12(7)18-21(19,20)9-5-10(14)8(2)11(16)6-9/h3-6,18H,16H2,1-2H3. The minimum atomic E-state index is -3.86. The van der Waals surface area contributed by atoms with Gasteiger partial charge in [-0.25, -0.2) is 13.4 Å². The zero-order chi connectivity index (χ0) is 15.8. The van der Waals surface area contributed by atoms with Gasteiger partial charge in [-0.2, -0.15) is 0 Å². The number of hydrogen-bond donors (Lipinski definition) is 2. The molecule has 0 radical (unpaired) electrons. The molecule has 3 N–H and O–H groups in total. The number of nitrogen functional groups attached to an aromatic ring is 1. The Labute approximate surface area is 133 Å². The highest BCUT2D eigenvalue weighted by atomic mass is 35.5. The van der Waals surface area contributed by atoms with Crippen LogP contribution in [0.3, 0.4) is 0 Å². The monoisotopic (exact) mass is 345 g/mol. The van der Waals surface area contributed by atoms with E-state index in [0.29, 0.717) is 16.8 Å². The summed E-state index contributed by atoms with van der Waals surface area (Å²) >= 11 is 11.9. The Bertz CT molecular complexity index is 764. The van der Waals surface area contributed by atoms with Gasteiger partial charge in [0.05, 0.1) is 10.6 Å². The Morgan fingerprint density at radius 3 is 2.48 bits per heavy atom. The normalized spacial score (nSPS) is 11.4. The summed E-state index contributed by atoms with van der Waals surface area (Å²) in [5.74, 6) is 0. The molecule has 21 heavy (non-hydrogen) atoms. The lowest BCUT2D eigenvalue weighted by Gasteiger charge is -2.13. The van der Waals surface area contributed by atoms with Crippen molar-refractivity contribution < 1.29 is 8.42 Å². The van der Waals surface area contributed by atoms with E-state index in [9.17, 15) is 8.42 Å². The van der Waals surface area contributed by atoms with Gasteiger partial charge in [0.15, 0.2) is 5.15 Å². The number of rotatable bonds is 3. The van der Waals surface area contributed by atoms with E-state index in [4.69, 9.17) is 28.9 Å². The summed E-state index contributed by atoms with van der Waals surface area (Å²) in [5.41, 5.74) is 7.58. The van der Waals surface area contributed by atoms with E-state index < -0.39 is 10.0 Å². The van der Waals surface area contributed by atoms with Crippen molar-refractivity contribution in [1.82, 2.24) is 4.98 Å². The molecule has 0 amide bonds. The van der Waals surface area contributed by atoms with Gasteiger partial charge in [0.1, 0.15) is 0 Å². The van der Waals surface area contributed by atoms with Crippen molar-refractivity contribution in [3.8, 4) is 0 Å². The van der Waals surface area contributed by atoms with Crippen LogP contribution in [0.15, 0.2) is 29.3 Å². The number of sulfonamides is 1. The van der Waals surface area contributed by atoms with Gasteiger partial charge >= 0.3 is 0 Å². The van der Waals surface area contributed by atoms with Gasteiger partial charge in [0, 0.05) is 16.9 Å². The van der Waals surface area contributed by atoms with Crippen LogP contribution in [0.2, 0.25) is 10.2 Å². The fourth-order valence-corrected chi connectivity index (χ4v) is 3.47. The summed E-state index contributed by atoms with van der Waals surface area (Å²) < 4.78 is 27.2. The molecule has 0 fully saturated rings. The maximum atomic E-state index is 12.4. The second-order valence-corrected chi connectivity index (χ2v) is 6.97. The first-order chi connectivity index (χ1) is 9.72. The summed E-state index contributed by atoms with van der Waals surface area (Å²) in [6, 6.07) is 4.35. The minimum absolute atomic E-state index is 0.0325. The quantitative estimate of drug-likeness (QED) is 0.659. The second kappa shape index (κ2) is 5.71. The average Bonchev–Trinajstić information content (AvgIpc) is 2.40. The zero-order valence-electron chi connectivity index (χ0n) is 11.3. The topological polar surface area (TPSA) is 85.1 Å². The molecule has 1 heterocycles. The van der Waals surface area contributed by atoms with E-state index in [-0.39, 0.29) is 20.8 Å². The molecule has 1 aromatic carbocycles. The van der Waals surface area contributed by atoms with Crippen LogP contribution in [0.5, 0.6) is 0 Å². The van der Waals surface area contributed by atoms with Crippen LogP contribution in [0.25, 0.3) is 0 Å². The second-order valence-electron chi connectivity index (χ2n) is 4.52. The van der Waals surface area contributed by atoms with Crippen molar-refractivity contribution in [2.24, 2.45) is 0 Å². The summed E-state index contributed by atoms with van der Waals surface area (Å²) in [4.78, 5) is 3.82. The first kappa shape index (κ1) is 15.9. The van der Waals surface area contributed by atoms with E-state index in [0.717, 1.165) is 0 Å². The summed E-state index contributed by atoms with van der Waals surface area (Å²) in [5, 5.41) is 0.356. The van der Waals surface area contributed by atoms with Gasteiger partial charge in [-0.3, -0.25) is 4.72 Å². The Kier molecular flexibility index (Phi) is 4.32. The molecular formula is C13H13Cl2N3O2S. The van der Waals surface area contributed by atoms with Crippen LogP contribution in [0.1, 0.15) is 11.1 Å². The number of pyridine rings is 1. The van der Waals surface area contributed by atoms with Gasteiger partial charge in [0.25, 0.3) is 10.0 Å². The van der Waals surface area contributed by atoms with Crippen LogP contribution in [-0.2, 0) is 10.0 Å². The molecule has 0 atom stereocenters. The first-order valence-electron chi connectivity index (χ1n) is 5.92. The molecular weight excluding hydrogens is 333 g/mol. The molecule has 5 nitrogen and oxygen atoms in total. The van der Waals surface area contributed by atoms with Gasteiger partial charge in [-0.1, -0.05) is 23.2 Å². The molecule has 0 bridgehead atoms. The van der Waals surface area contributed by atoms with Crippen molar-refractivity contribution >= 4 is 44.6 Å². The maximum absolute atomic E-state index is 12.4. The van der Waals surface area contributed by atoms with E-state index in [1.165, 1.54) is 18.3 Å². The Hall–Kier alpha value is -1.50. The predicted octanol–water partition coefficient (Wildman–Crippen LogP) is 3.39. The number of benzene rings is 1. The number of hydrogen-bond acceptors (Lipinski definition) is 4. The molecule has 0 saturated heterocycles. The molecule has 0 aliphatic heterocycles. The van der Waals surface area contributed by atoms with E-state index in [1.807, 2.05) is 0 Å². The maximum Gasteiger partial charge on any atom is 0.262 e. The molecule has 0 aliphatic carbocycles. The van der Waals surface area contributed by atoms with Gasteiger partial charge in [0.2, 0.25) is 0 Å². The van der Waals surface area contributed by atoms with Crippen molar-refractivity contribution in [1.29, 1.82) is 0 Å². The summed E-state index contributed by atoms with van der Waals surface area (Å²) in [6.07, 6.45) is 1.50. The third kappa shape index (κ3) is 3.23. The zero-order valence-corrected chi connectivity index (χ0v) is 13.6. The number of nitrogens with zero attached hydrogens (tertiary/aromatic N) is 1. The smallest absolute Gasteiger partial charge is 0.262 e. The molecule has 0 aliphatic rings. The highest BCUT2D eigenvalue weighted by Crippen LogP contribution is 2.29. The molecule has 2 aromatic rings. The van der Waals surface area contributed by atoms with Crippen LogP contribution in [-0.4, -0.2) is 13.4 Å². The number of anilines is 2. The van der Waals surface area contributed by atoms with Crippen molar-refractivity contribution in [3.05, 3.63) is 45.7 Å². The van der Waals surface area contributed by atoms with Crippen LogP contribution in [0.4, 0.5) is 11.4 Å². The Morgan fingerprint density at radius 2 is 1.90 bits per heavy atom. The largest absolute Gasteiger partial charge is 0.398 e. The average molecular weight is 346 g/mol. The number of aryl methyl sites for hydroxylation is 1. The van der Waals surface area contributed by atoms with Crippen molar-refractivity contribution in [2.75, 3.05) is 10.5 Å². The number of nitrogens with one attached hydrogen (secondary N) is 1. The van der Waals surface area contributed by atoms with E-state index >= 15 is 0 Å².